The van der Waals surface area contributed by atoms with Crippen LogP contribution in [0, 0.1) is 5.41 Å². The zero-order valence-corrected chi connectivity index (χ0v) is 11.8. The second kappa shape index (κ2) is 5.31. The van der Waals surface area contributed by atoms with Crippen molar-refractivity contribution in [2.45, 2.75) is 39.2 Å². The second-order valence-electron chi connectivity index (χ2n) is 5.56. The van der Waals surface area contributed by atoms with Crippen molar-refractivity contribution in [1.82, 2.24) is 4.90 Å². The minimum Gasteiger partial charge on any atom is -0.341 e. The number of rotatable bonds is 3. The Kier molecular flexibility index (Phi) is 3.96. The number of carbonyl (C=O) groups excluding carboxylic acids is 1. The van der Waals surface area contributed by atoms with E-state index in [1.165, 1.54) is 12.8 Å². The summed E-state index contributed by atoms with van der Waals surface area (Å²) in [7, 11) is 1.88. The Bertz CT molecular complexity index is 438. The fourth-order valence-corrected chi connectivity index (χ4v) is 3.02. The van der Waals surface area contributed by atoms with Gasteiger partial charge in [0.05, 0.1) is 0 Å². The van der Waals surface area contributed by atoms with Crippen LogP contribution in [0.4, 0.5) is 0 Å². The molecular weight excluding hydrogens is 246 g/mol. The fourth-order valence-electron chi connectivity index (χ4n) is 2.81. The van der Waals surface area contributed by atoms with E-state index in [1.54, 1.807) is 0 Å². The summed E-state index contributed by atoms with van der Waals surface area (Å²) in [5, 5.41) is 0.723. The van der Waals surface area contributed by atoms with Crippen LogP contribution in [0.2, 0.25) is 5.02 Å². The van der Waals surface area contributed by atoms with Gasteiger partial charge in [0.1, 0.15) is 0 Å². The van der Waals surface area contributed by atoms with Crippen molar-refractivity contribution >= 4 is 17.5 Å². The number of nitrogens with zero attached hydrogens (tertiary/aromatic N) is 1. The SMILES string of the molecule is CN(Cc1cccc(Cl)c1)C(=O)C1(C)CCCC1. The van der Waals surface area contributed by atoms with Gasteiger partial charge >= 0.3 is 0 Å². The van der Waals surface area contributed by atoms with E-state index in [-0.39, 0.29) is 11.3 Å². The monoisotopic (exact) mass is 265 g/mol. The van der Waals surface area contributed by atoms with Gasteiger partial charge in [-0.1, -0.05) is 43.5 Å². The summed E-state index contributed by atoms with van der Waals surface area (Å²) in [6.07, 6.45) is 4.39. The van der Waals surface area contributed by atoms with Gasteiger partial charge in [-0.25, -0.2) is 0 Å². The van der Waals surface area contributed by atoms with Crippen LogP contribution < -0.4 is 0 Å². The molecule has 1 saturated carbocycles. The number of halogens is 1. The van der Waals surface area contributed by atoms with Gasteiger partial charge in [-0.05, 0) is 30.5 Å². The van der Waals surface area contributed by atoms with Crippen LogP contribution in [0.15, 0.2) is 24.3 Å². The molecule has 0 aliphatic heterocycles. The average molecular weight is 266 g/mol. The van der Waals surface area contributed by atoms with Crippen molar-refractivity contribution in [2.75, 3.05) is 7.05 Å². The summed E-state index contributed by atoms with van der Waals surface area (Å²) in [6, 6.07) is 7.70. The number of amides is 1. The van der Waals surface area contributed by atoms with Crippen LogP contribution in [0.1, 0.15) is 38.2 Å². The maximum atomic E-state index is 12.4. The molecule has 1 aliphatic carbocycles. The number of hydrogen-bond donors (Lipinski definition) is 0. The molecule has 1 aromatic rings. The van der Waals surface area contributed by atoms with Crippen molar-refractivity contribution in [3.63, 3.8) is 0 Å². The van der Waals surface area contributed by atoms with Gasteiger partial charge < -0.3 is 4.90 Å². The van der Waals surface area contributed by atoms with E-state index in [4.69, 9.17) is 11.6 Å². The molecule has 0 saturated heterocycles. The molecule has 0 aromatic heterocycles. The van der Waals surface area contributed by atoms with Crippen LogP contribution in [0.5, 0.6) is 0 Å². The minimum absolute atomic E-state index is 0.146. The second-order valence-corrected chi connectivity index (χ2v) is 6.00. The van der Waals surface area contributed by atoms with Crippen molar-refractivity contribution < 1.29 is 4.79 Å². The van der Waals surface area contributed by atoms with E-state index in [0.717, 1.165) is 23.4 Å². The van der Waals surface area contributed by atoms with Crippen molar-refractivity contribution in [3.8, 4) is 0 Å². The van der Waals surface area contributed by atoms with Crippen LogP contribution in [-0.4, -0.2) is 17.9 Å². The molecule has 1 aliphatic rings. The molecule has 18 heavy (non-hydrogen) atoms. The maximum absolute atomic E-state index is 12.4. The smallest absolute Gasteiger partial charge is 0.228 e. The molecule has 2 nitrogen and oxygen atoms in total. The van der Waals surface area contributed by atoms with E-state index in [9.17, 15) is 4.79 Å². The highest BCUT2D eigenvalue weighted by Crippen LogP contribution is 2.39. The van der Waals surface area contributed by atoms with E-state index in [2.05, 4.69) is 6.92 Å². The van der Waals surface area contributed by atoms with E-state index >= 15 is 0 Å². The number of benzene rings is 1. The summed E-state index contributed by atoms with van der Waals surface area (Å²) in [5.41, 5.74) is 0.938. The molecule has 98 valence electrons. The van der Waals surface area contributed by atoms with Crippen molar-refractivity contribution in [1.29, 1.82) is 0 Å². The Morgan fingerprint density at radius 3 is 2.67 bits per heavy atom. The van der Waals surface area contributed by atoms with Gasteiger partial charge in [-0.2, -0.15) is 0 Å². The molecular formula is C15H20ClNO. The number of carbonyl (C=O) groups is 1. The molecule has 1 fully saturated rings. The zero-order chi connectivity index (χ0) is 13.2. The summed E-state index contributed by atoms with van der Waals surface area (Å²) in [5.74, 6) is 0.264. The van der Waals surface area contributed by atoms with E-state index in [0.29, 0.717) is 6.54 Å². The molecule has 0 atom stereocenters. The Balaban J connectivity index is 2.03. The molecule has 1 amide bonds. The molecule has 0 spiro atoms. The van der Waals surface area contributed by atoms with Gasteiger partial charge in [-0.15, -0.1) is 0 Å². The van der Waals surface area contributed by atoms with Gasteiger partial charge in [0.25, 0.3) is 0 Å². The predicted octanol–water partition coefficient (Wildman–Crippen LogP) is 3.88. The third-order valence-electron chi connectivity index (χ3n) is 3.88. The van der Waals surface area contributed by atoms with Gasteiger partial charge in [0, 0.05) is 24.0 Å². The lowest BCUT2D eigenvalue weighted by molar-refractivity contribution is -0.140. The van der Waals surface area contributed by atoms with Crippen LogP contribution in [-0.2, 0) is 11.3 Å². The normalized spacial score (nSPS) is 17.7. The molecule has 0 radical (unpaired) electrons. The van der Waals surface area contributed by atoms with Crippen LogP contribution in [0.25, 0.3) is 0 Å². The maximum Gasteiger partial charge on any atom is 0.228 e. The third kappa shape index (κ3) is 2.86. The van der Waals surface area contributed by atoms with Gasteiger partial charge in [0.15, 0.2) is 0 Å². The molecule has 1 aromatic carbocycles. The molecule has 3 heteroatoms. The Morgan fingerprint density at radius 2 is 2.06 bits per heavy atom. The molecule has 2 rings (SSSR count). The highest BCUT2D eigenvalue weighted by Gasteiger charge is 2.37. The lowest BCUT2D eigenvalue weighted by Crippen LogP contribution is -2.38. The lowest BCUT2D eigenvalue weighted by Gasteiger charge is -2.29. The first-order valence-electron chi connectivity index (χ1n) is 6.51. The first-order valence-corrected chi connectivity index (χ1v) is 6.89. The molecule has 0 unspecified atom stereocenters. The Morgan fingerprint density at radius 1 is 1.39 bits per heavy atom. The standard InChI is InChI=1S/C15H20ClNO/c1-15(8-3-4-9-15)14(18)17(2)11-12-6-5-7-13(16)10-12/h5-7,10H,3-4,8-9,11H2,1-2H3. The minimum atomic E-state index is -0.146. The zero-order valence-electron chi connectivity index (χ0n) is 11.1. The van der Waals surface area contributed by atoms with Crippen LogP contribution in [0.3, 0.4) is 0 Å². The first kappa shape index (κ1) is 13.4. The van der Waals surface area contributed by atoms with Crippen molar-refractivity contribution in [2.24, 2.45) is 5.41 Å². The van der Waals surface area contributed by atoms with Gasteiger partial charge in [0.2, 0.25) is 5.91 Å². The predicted molar refractivity (Wildman–Crippen MR) is 74.5 cm³/mol. The Labute approximate surface area is 114 Å². The lowest BCUT2D eigenvalue weighted by atomic mass is 9.87. The topological polar surface area (TPSA) is 20.3 Å². The third-order valence-corrected chi connectivity index (χ3v) is 4.11. The van der Waals surface area contributed by atoms with Gasteiger partial charge in [-0.3, -0.25) is 4.79 Å². The summed E-state index contributed by atoms with van der Waals surface area (Å²) in [4.78, 5) is 14.3. The first-order chi connectivity index (χ1) is 8.51. The van der Waals surface area contributed by atoms with Crippen LogP contribution >= 0.6 is 11.6 Å². The molecule has 0 N–H and O–H groups in total. The summed E-state index contributed by atoms with van der Waals surface area (Å²) >= 11 is 5.96. The largest absolute Gasteiger partial charge is 0.341 e. The quantitative estimate of drug-likeness (QED) is 0.812. The summed E-state index contributed by atoms with van der Waals surface area (Å²) in [6.45, 7) is 2.73. The van der Waals surface area contributed by atoms with Crippen molar-refractivity contribution in [3.05, 3.63) is 34.9 Å². The fraction of sp³-hybridized carbons (Fsp3) is 0.533. The Hall–Kier alpha value is -1.02. The van der Waals surface area contributed by atoms with E-state index in [1.807, 2.05) is 36.2 Å². The molecule has 0 heterocycles. The number of hydrogen-bond acceptors (Lipinski definition) is 1. The van der Waals surface area contributed by atoms with E-state index < -0.39 is 0 Å². The summed E-state index contributed by atoms with van der Waals surface area (Å²) < 4.78 is 0. The highest BCUT2D eigenvalue weighted by atomic mass is 35.5. The molecule has 0 bridgehead atoms. The highest BCUT2D eigenvalue weighted by molar-refractivity contribution is 6.30. The average Bonchev–Trinajstić information content (AvgIpc) is 2.76.